The second-order valence-corrected chi connectivity index (χ2v) is 6.17. The Labute approximate surface area is 142 Å². The number of amides is 2. The van der Waals surface area contributed by atoms with Gasteiger partial charge in [-0.3, -0.25) is 9.59 Å². The molecule has 0 aliphatic carbocycles. The topological polar surface area (TPSA) is 49.4 Å². The first-order valence-electron chi connectivity index (χ1n) is 8.40. The van der Waals surface area contributed by atoms with Crippen LogP contribution < -0.4 is 10.2 Å². The standard InChI is InChI=1S/C20H22N2O2/c1-3-19(23)22-12-4-5-16-13-17(10-11-18(16)22)21-20(24)15-8-6-14(2)7-9-15/h6-11,13H,3-5,12H2,1-2H3,(H,21,24). The fourth-order valence-electron chi connectivity index (χ4n) is 3.03. The van der Waals surface area contributed by atoms with Crippen LogP contribution in [0.5, 0.6) is 0 Å². The van der Waals surface area contributed by atoms with E-state index >= 15 is 0 Å². The minimum atomic E-state index is -0.118. The summed E-state index contributed by atoms with van der Waals surface area (Å²) in [5.41, 5.74) is 4.62. The quantitative estimate of drug-likeness (QED) is 0.930. The van der Waals surface area contributed by atoms with Gasteiger partial charge in [0.05, 0.1) is 0 Å². The number of anilines is 2. The molecule has 2 aromatic rings. The second-order valence-electron chi connectivity index (χ2n) is 6.17. The van der Waals surface area contributed by atoms with Crippen molar-refractivity contribution in [1.82, 2.24) is 0 Å². The van der Waals surface area contributed by atoms with Gasteiger partial charge in [-0.1, -0.05) is 24.6 Å². The number of nitrogens with zero attached hydrogens (tertiary/aromatic N) is 1. The van der Waals surface area contributed by atoms with E-state index < -0.39 is 0 Å². The van der Waals surface area contributed by atoms with Crippen molar-refractivity contribution in [2.75, 3.05) is 16.8 Å². The molecule has 0 saturated heterocycles. The van der Waals surface area contributed by atoms with Crippen molar-refractivity contribution in [3.63, 3.8) is 0 Å². The summed E-state index contributed by atoms with van der Waals surface area (Å²) in [7, 11) is 0. The van der Waals surface area contributed by atoms with Gasteiger partial charge >= 0.3 is 0 Å². The monoisotopic (exact) mass is 322 g/mol. The van der Waals surface area contributed by atoms with Crippen LogP contribution >= 0.6 is 0 Å². The number of fused-ring (bicyclic) bond motifs is 1. The minimum Gasteiger partial charge on any atom is -0.322 e. The Balaban J connectivity index is 1.80. The van der Waals surface area contributed by atoms with Crippen LogP contribution in [0.15, 0.2) is 42.5 Å². The van der Waals surface area contributed by atoms with Gasteiger partial charge < -0.3 is 10.2 Å². The number of benzene rings is 2. The highest BCUT2D eigenvalue weighted by Gasteiger charge is 2.21. The van der Waals surface area contributed by atoms with E-state index in [1.54, 1.807) is 0 Å². The number of hydrogen-bond acceptors (Lipinski definition) is 2. The molecule has 124 valence electrons. The molecule has 1 aliphatic rings. The van der Waals surface area contributed by atoms with Gasteiger partial charge in [0.15, 0.2) is 0 Å². The third-order valence-electron chi connectivity index (χ3n) is 4.37. The van der Waals surface area contributed by atoms with E-state index in [2.05, 4.69) is 5.32 Å². The summed E-state index contributed by atoms with van der Waals surface area (Å²) in [5.74, 6) is 0.0274. The normalized spacial score (nSPS) is 13.3. The molecule has 3 rings (SSSR count). The van der Waals surface area contributed by atoms with E-state index in [0.29, 0.717) is 12.0 Å². The highest BCUT2D eigenvalue weighted by molar-refractivity contribution is 6.04. The highest BCUT2D eigenvalue weighted by atomic mass is 16.2. The summed E-state index contributed by atoms with van der Waals surface area (Å²) in [6, 6.07) is 13.3. The van der Waals surface area contributed by atoms with Crippen LogP contribution in [0.25, 0.3) is 0 Å². The van der Waals surface area contributed by atoms with Gasteiger partial charge in [-0.25, -0.2) is 0 Å². The van der Waals surface area contributed by atoms with E-state index in [0.717, 1.165) is 41.9 Å². The van der Waals surface area contributed by atoms with Gasteiger partial charge in [0.1, 0.15) is 0 Å². The molecule has 0 bridgehead atoms. The Morgan fingerprint density at radius 2 is 1.88 bits per heavy atom. The van der Waals surface area contributed by atoms with Gasteiger partial charge in [0.2, 0.25) is 5.91 Å². The van der Waals surface area contributed by atoms with Crippen LogP contribution in [-0.2, 0) is 11.2 Å². The Morgan fingerprint density at radius 3 is 2.58 bits per heavy atom. The van der Waals surface area contributed by atoms with Crippen LogP contribution in [-0.4, -0.2) is 18.4 Å². The van der Waals surface area contributed by atoms with Gasteiger partial charge in [-0.15, -0.1) is 0 Å². The summed E-state index contributed by atoms with van der Waals surface area (Å²) < 4.78 is 0. The van der Waals surface area contributed by atoms with E-state index in [-0.39, 0.29) is 11.8 Å². The van der Waals surface area contributed by atoms with Gasteiger partial charge in [-0.2, -0.15) is 0 Å². The predicted molar refractivity (Wildman–Crippen MR) is 96.5 cm³/mol. The molecule has 2 aromatic carbocycles. The molecular formula is C20H22N2O2. The molecule has 0 spiro atoms. The number of nitrogens with one attached hydrogen (secondary N) is 1. The van der Waals surface area contributed by atoms with Crippen molar-refractivity contribution in [1.29, 1.82) is 0 Å². The maximum Gasteiger partial charge on any atom is 0.255 e. The molecular weight excluding hydrogens is 300 g/mol. The molecule has 2 amide bonds. The first-order chi connectivity index (χ1) is 11.6. The lowest BCUT2D eigenvalue weighted by Gasteiger charge is -2.29. The smallest absolute Gasteiger partial charge is 0.255 e. The Bertz CT molecular complexity index is 766. The maximum absolute atomic E-state index is 12.3. The molecule has 1 N–H and O–H groups in total. The molecule has 24 heavy (non-hydrogen) atoms. The molecule has 0 aromatic heterocycles. The summed E-state index contributed by atoms with van der Waals surface area (Å²) >= 11 is 0. The average Bonchev–Trinajstić information content (AvgIpc) is 2.60. The van der Waals surface area contributed by atoms with E-state index in [1.165, 1.54) is 0 Å². The summed E-state index contributed by atoms with van der Waals surface area (Å²) in [4.78, 5) is 26.2. The molecule has 4 heteroatoms. The lowest BCUT2D eigenvalue weighted by atomic mass is 10.0. The zero-order chi connectivity index (χ0) is 17.1. The predicted octanol–water partition coefficient (Wildman–Crippen LogP) is 3.94. The highest BCUT2D eigenvalue weighted by Crippen LogP contribution is 2.30. The van der Waals surface area contributed by atoms with Gasteiger partial charge in [-0.05, 0) is 55.7 Å². The third-order valence-corrected chi connectivity index (χ3v) is 4.37. The second kappa shape index (κ2) is 6.87. The van der Waals surface area contributed by atoms with Gasteiger partial charge in [0, 0.05) is 29.9 Å². The molecule has 1 aliphatic heterocycles. The summed E-state index contributed by atoms with van der Waals surface area (Å²) in [6.07, 6.45) is 2.39. The largest absolute Gasteiger partial charge is 0.322 e. The Hall–Kier alpha value is -2.62. The molecule has 0 unspecified atom stereocenters. The summed E-state index contributed by atoms with van der Waals surface area (Å²) in [6.45, 7) is 4.65. The SMILES string of the molecule is CCC(=O)N1CCCc2cc(NC(=O)c3ccc(C)cc3)ccc21. The van der Waals surface area contributed by atoms with E-state index in [1.807, 2.05) is 61.2 Å². The molecule has 1 heterocycles. The first-order valence-corrected chi connectivity index (χ1v) is 8.40. The summed E-state index contributed by atoms with van der Waals surface area (Å²) in [5, 5.41) is 2.94. The minimum absolute atomic E-state index is 0.118. The molecule has 4 nitrogen and oxygen atoms in total. The lowest BCUT2D eigenvalue weighted by molar-refractivity contribution is -0.118. The van der Waals surface area contributed by atoms with Crippen molar-refractivity contribution in [3.05, 3.63) is 59.2 Å². The van der Waals surface area contributed by atoms with Gasteiger partial charge in [0.25, 0.3) is 5.91 Å². The van der Waals surface area contributed by atoms with Crippen molar-refractivity contribution in [2.24, 2.45) is 0 Å². The fraction of sp³-hybridized carbons (Fsp3) is 0.300. The lowest BCUT2D eigenvalue weighted by Crippen LogP contribution is -2.34. The average molecular weight is 322 g/mol. The van der Waals surface area contributed by atoms with Crippen molar-refractivity contribution >= 4 is 23.2 Å². The molecule has 0 saturated carbocycles. The molecule has 0 radical (unpaired) electrons. The van der Waals surface area contributed by atoms with Crippen LogP contribution in [0.4, 0.5) is 11.4 Å². The number of aryl methyl sites for hydroxylation is 2. The maximum atomic E-state index is 12.3. The van der Waals surface area contributed by atoms with E-state index in [9.17, 15) is 9.59 Å². The first kappa shape index (κ1) is 16.2. The van der Waals surface area contributed by atoms with Crippen LogP contribution in [0.2, 0.25) is 0 Å². The zero-order valence-corrected chi connectivity index (χ0v) is 14.1. The fourth-order valence-corrected chi connectivity index (χ4v) is 3.03. The number of carbonyl (C=O) groups excluding carboxylic acids is 2. The third kappa shape index (κ3) is 3.32. The van der Waals surface area contributed by atoms with Crippen LogP contribution in [0, 0.1) is 6.92 Å². The van der Waals surface area contributed by atoms with Crippen LogP contribution in [0.1, 0.15) is 41.3 Å². The van der Waals surface area contributed by atoms with E-state index in [4.69, 9.17) is 0 Å². The van der Waals surface area contributed by atoms with Crippen LogP contribution in [0.3, 0.4) is 0 Å². The molecule has 0 fully saturated rings. The molecule has 0 atom stereocenters. The Kier molecular flexibility index (Phi) is 4.65. The number of hydrogen-bond donors (Lipinski definition) is 1. The number of rotatable bonds is 3. The Morgan fingerprint density at radius 1 is 1.12 bits per heavy atom. The number of carbonyl (C=O) groups is 2. The van der Waals surface area contributed by atoms with Crippen molar-refractivity contribution < 1.29 is 9.59 Å². The van der Waals surface area contributed by atoms with Crippen molar-refractivity contribution in [3.8, 4) is 0 Å². The zero-order valence-electron chi connectivity index (χ0n) is 14.1. The van der Waals surface area contributed by atoms with Crippen molar-refractivity contribution in [2.45, 2.75) is 33.1 Å².